The summed E-state index contributed by atoms with van der Waals surface area (Å²) >= 11 is -0.520. The van der Waals surface area contributed by atoms with Gasteiger partial charge in [-0.05, 0) is 0 Å². The minimum absolute atomic E-state index is 0.555. The molecular formula is C54H36Ge2. The summed E-state index contributed by atoms with van der Waals surface area (Å²) in [5.74, 6) is 0. The van der Waals surface area contributed by atoms with Crippen molar-refractivity contribution in [2.45, 2.75) is 0 Å². The van der Waals surface area contributed by atoms with Gasteiger partial charge in [-0.3, -0.25) is 0 Å². The summed E-state index contributed by atoms with van der Waals surface area (Å²) in [5.41, 5.74) is 13.4. The van der Waals surface area contributed by atoms with Crippen molar-refractivity contribution in [2.75, 3.05) is 0 Å². The summed E-state index contributed by atoms with van der Waals surface area (Å²) in [7, 11) is 0. The SMILES string of the molecule is [GeH3][c]1ccccc1-c1ccccc1-c1cccc2c(-c3cc4cccc5ccc6cccc3c6c54)c3cccc(-c4ccc[c]5c4-c4cccc[c]4[GeH2]5)c3cc12. The van der Waals surface area contributed by atoms with Crippen LogP contribution in [0.3, 0.4) is 0 Å². The topological polar surface area (TPSA) is 0 Å². The van der Waals surface area contributed by atoms with Crippen molar-refractivity contribution in [2.24, 2.45) is 0 Å². The third kappa shape index (κ3) is 4.73. The zero-order chi connectivity index (χ0) is 36.9. The Morgan fingerprint density at radius 1 is 0.286 bits per heavy atom. The van der Waals surface area contributed by atoms with Crippen molar-refractivity contribution in [3.8, 4) is 55.6 Å². The van der Waals surface area contributed by atoms with E-state index in [2.05, 4.69) is 188 Å². The first kappa shape index (κ1) is 32.3. The number of rotatable bonds is 4. The van der Waals surface area contributed by atoms with Crippen molar-refractivity contribution in [1.29, 1.82) is 0 Å². The Kier molecular flexibility index (Phi) is 7.24. The van der Waals surface area contributed by atoms with Gasteiger partial charge in [0.2, 0.25) is 0 Å². The van der Waals surface area contributed by atoms with Gasteiger partial charge in [0.15, 0.2) is 0 Å². The molecule has 0 unspecified atom stereocenters. The molecule has 0 aliphatic carbocycles. The van der Waals surface area contributed by atoms with E-state index in [4.69, 9.17) is 0 Å². The van der Waals surface area contributed by atoms with Gasteiger partial charge in [0.1, 0.15) is 0 Å². The fourth-order valence-electron chi connectivity index (χ4n) is 10.1. The van der Waals surface area contributed by atoms with Gasteiger partial charge < -0.3 is 0 Å². The molecular weight excluding hydrogens is 794 g/mol. The van der Waals surface area contributed by atoms with Crippen LogP contribution in [0.1, 0.15) is 0 Å². The molecule has 0 amide bonds. The van der Waals surface area contributed by atoms with Gasteiger partial charge in [-0.15, -0.1) is 0 Å². The van der Waals surface area contributed by atoms with Crippen LogP contribution < -0.4 is 13.2 Å². The van der Waals surface area contributed by atoms with Gasteiger partial charge in [-0.2, -0.15) is 0 Å². The molecule has 0 saturated carbocycles. The molecule has 0 fully saturated rings. The van der Waals surface area contributed by atoms with Crippen LogP contribution in [0.25, 0.3) is 109 Å². The molecule has 11 aromatic carbocycles. The fraction of sp³-hybridized carbons (Fsp3) is 0. The molecule has 1 aliphatic rings. The average Bonchev–Trinajstić information content (AvgIpc) is 3.64. The van der Waals surface area contributed by atoms with Crippen LogP contribution in [0.15, 0.2) is 188 Å². The van der Waals surface area contributed by atoms with E-state index in [1.807, 2.05) is 0 Å². The predicted molar refractivity (Wildman–Crippen MR) is 250 cm³/mol. The maximum atomic E-state index is 2.53. The van der Waals surface area contributed by atoms with Crippen LogP contribution in [0.5, 0.6) is 0 Å². The zero-order valence-electron chi connectivity index (χ0n) is 31.1. The first-order chi connectivity index (χ1) is 27.7. The molecule has 2 heteroatoms. The first-order valence-corrected chi connectivity index (χ1v) is 24.8. The van der Waals surface area contributed by atoms with E-state index in [9.17, 15) is 0 Å². The van der Waals surface area contributed by atoms with E-state index < -0.39 is 15.4 Å². The van der Waals surface area contributed by atoms with Crippen molar-refractivity contribution >= 4 is 99.0 Å². The van der Waals surface area contributed by atoms with Gasteiger partial charge in [0.25, 0.3) is 0 Å². The zero-order valence-corrected chi connectivity index (χ0v) is 38.3. The number of benzene rings is 11. The standard InChI is InChI=1S/C54H36Ge2/c55-48-25-5-3-17-39(48)36-16-2-1-15-35(36)37-19-9-22-41-45(37)31-46-38(40-24-11-27-50-54(40)44-18-4-6-26-49(44)56-50)20-10-23-42(46)53(41)47-30-34-14-7-12-32-28-29-33-13-8-21-43(47)52(33)51(32)34/h1-31H,56H2,55H3. The summed E-state index contributed by atoms with van der Waals surface area (Å²) in [6.07, 6.45) is 0. The summed E-state index contributed by atoms with van der Waals surface area (Å²) in [6.45, 7) is 0. The molecule has 0 spiro atoms. The van der Waals surface area contributed by atoms with Crippen LogP contribution in [0, 0.1) is 0 Å². The molecule has 0 radical (unpaired) electrons. The molecule has 11 aromatic rings. The van der Waals surface area contributed by atoms with Crippen LogP contribution in [-0.4, -0.2) is 31.9 Å². The van der Waals surface area contributed by atoms with Crippen molar-refractivity contribution < 1.29 is 0 Å². The molecule has 0 saturated heterocycles. The average molecular weight is 830 g/mol. The maximum absolute atomic E-state index is 2.53. The first-order valence-electron chi connectivity index (χ1n) is 19.7. The molecule has 0 N–H and O–H groups in total. The number of hydrogen-bond donors (Lipinski definition) is 0. The molecule has 1 aliphatic heterocycles. The normalized spacial score (nSPS) is 12.8. The van der Waals surface area contributed by atoms with Crippen molar-refractivity contribution in [1.82, 2.24) is 0 Å². The molecule has 12 rings (SSSR count). The molecule has 0 atom stereocenters. The Morgan fingerprint density at radius 3 is 1.57 bits per heavy atom. The Labute approximate surface area is 340 Å². The second-order valence-corrected chi connectivity index (χ2v) is 21.8. The molecule has 0 aromatic heterocycles. The van der Waals surface area contributed by atoms with Crippen molar-refractivity contribution in [3.05, 3.63) is 188 Å². The van der Waals surface area contributed by atoms with E-state index in [0.717, 1.165) is 0 Å². The third-order valence-electron chi connectivity index (χ3n) is 12.6. The Morgan fingerprint density at radius 2 is 0.804 bits per heavy atom. The Hall–Kier alpha value is -5.93. The third-order valence-corrected chi connectivity index (χ3v) is 18.5. The van der Waals surface area contributed by atoms with Gasteiger partial charge in [-0.1, -0.05) is 12.1 Å². The Balaban J connectivity index is 1.25. The van der Waals surface area contributed by atoms with Crippen LogP contribution >= 0.6 is 0 Å². The second-order valence-electron chi connectivity index (χ2n) is 15.6. The molecule has 260 valence electrons. The van der Waals surface area contributed by atoms with Crippen LogP contribution in [-0.2, 0) is 0 Å². The monoisotopic (exact) mass is 832 g/mol. The summed E-state index contributed by atoms with van der Waals surface area (Å²) in [4.78, 5) is 0. The minimum atomic E-state index is -1.08. The molecule has 1 heterocycles. The van der Waals surface area contributed by atoms with E-state index in [1.54, 1.807) is 8.79 Å². The number of fused-ring (bicyclic) bond motifs is 5. The van der Waals surface area contributed by atoms with Gasteiger partial charge in [0, 0.05) is 0 Å². The summed E-state index contributed by atoms with van der Waals surface area (Å²) in [6, 6.07) is 71.7. The van der Waals surface area contributed by atoms with Crippen LogP contribution in [0.2, 0.25) is 0 Å². The Bertz CT molecular complexity index is 3410. The molecule has 0 bridgehead atoms. The van der Waals surface area contributed by atoms with Crippen LogP contribution in [0.4, 0.5) is 0 Å². The quantitative estimate of drug-likeness (QED) is 0.0942. The van der Waals surface area contributed by atoms with Gasteiger partial charge in [0.05, 0.1) is 0 Å². The molecule has 0 nitrogen and oxygen atoms in total. The van der Waals surface area contributed by atoms with E-state index in [-0.39, 0.29) is 0 Å². The van der Waals surface area contributed by atoms with Gasteiger partial charge in [-0.25, -0.2) is 0 Å². The van der Waals surface area contributed by atoms with Gasteiger partial charge >= 0.3 is 331 Å². The summed E-state index contributed by atoms with van der Waals surface area (Å²) < 4.78 is 4.66. The summed E-state index contributed by atoms with van der Waals surface area (Å²) in [5, 5.41) is 13.1. The van der Waals surface area contributed by atoms with E-state index >= 15 is 0 Å². The number of hydrogen-bond acceptors (Lipinski definition) is 0. The fourth-order valence-corrected chi connectivity index (χ4v) is 15.6. The van der Waals surface area contributed by atoms with Crippen molar-refractivity contribution in [3.63, 3.8) is 0 Å². The van der Waals surface area contributed by atoms with E-state index in [0.29, 0.717) is 16.5 Å². The molecule has 56 heavy (non-hydrogen) atoms. The predicted octanol–water partition coefficient (Wildman–Crippen LogP) is 10.6. The second kappa shape index (κ2) is 12.5. The van der Waals surface area contributed by atoms with E-state index in [1.165, 1.54) is 114 Å².